The summed E-state index contributed by atoms with van der Waals surface area (Å²) in [6, 6.07) is 3.17. The van der Waals surface area contributed by atoms with Crippen molar-refractivity contribution in [1.29, 1.82) is 0 Å². The summed E-state index contributed by atoms with van der Waals surface area (Å²) in [6.45, 7) is 3.71. The van der Waals surface area contributed by atoms with Crippen molar-refractivity contribution in [2.24, 2.45) is 0 Å². The number of nitrogen functional groups attached to an aromatic ring is 1. The average Bonchev–Trinajstić information content (AvgIpc) is 2.41. The molecule has 1 aromatic rings. The molecule has 0 aromatic carbocycles. The van der Waals surface area contributed by atoms with Gasteiger partial charge in [0.1, 0.15) is 11.5 Å². The van der Waals surface area contributed by atoms with Crippen LogP contribution in [0.3, 0.4) is 0 Å². The molecule has 1 aliphatic rings. The molecule has 1 fully saturated rings. The minimum absolute atomic E-state index is 0.0857. The number of carbonyl (C=O) groups excluding carboxylic acids is 1. The third-order valence-electron chi connectivity index (χ3n) is 2.95. The highest BCUT2D eigenvalue weighted by atomic mass is 35.5. The highest BCUT2D eigenvalue weighted by molar-refractivity contribution is 6.33. The first kappa shape index (κ1) is 13.1. The van der Waals surface area contributed by atoms with E-state index in [-0.39, 0.29) is 17.7 Å². The van der Waals surface area contributed by atoms with Crippen LogP contribution in [0.4, 0.5) is 5.82 Å². The van der Waals surface area contributed by atoms with Crippen molar-refractivity contribution in [2.75, 3.05) is 25.4 Å². The molecule has 2 N–H and O–H groups in total. The molecular formula is C12H16ClN3O2. The Kier molecular flexibility index (Phi) is 4.04. The number of hydrogen-bond acceptors (Lipinski definition) is 4. The van der Waals surface area contributed by atoms with Gasteiger partial charge in [-0.15, -0.1) is 0 Å². The Morgan fingerprint density at radius 2 is 2.44 bits per heavy atom. The van der Waals surface area contributed by atoms with Crippen molar-refractivity contribution < 1.29 is 9.53 Å². The maximum atomic E-state index is 12.3. The molecule has 5 nitrogen and oxygen atoms in total. The number of carbonyl (C=O) groups is 1. The monoisotopic (exact) mass is 269 g/mol. The zero-order valence-corrected chi connectivity index (χ0v) is 11.0. The average molecular weight is 270 g/mol. The Labute approximate surface area is 111 Å². The number of ether oxygens (including phenoxy) is 1. The molecule has 0 aliphatic carbocycles. The molecule has 1 atom stereocenters. The molecule has 18 heavy (non-hydrogen) atoms. The zero-order valence-electron chi connectivity index (χ0n) is 10.2. The van der Waals surface area contributed by atoms with Crippen LogP contribution in [-0.2, 0) is 4.74 Å². The van der Waals surface area contributed by atoms with Gasteiger partial charge in [-0.05, 0) is 18.6 Å². The van der Waals surface area contributed by atoms with Gasteiger partial charge in [-0.3, -0.25) is 4.79 Å². The van der Waals surface area contributed by atoms with E-state index in [4.69, 9.17) is 22.1 Å². The van der Waals surface area contributed by atoms with Gasteiger partial charge in [0.2, 0.25) is 0 Å². The Bertz CT molecular complexity index is 453. The van der Waals surface area contributed by atoms with Gasteiger partial charge in [-0.2, -0.15) is 0 Å². The van der Waals surface area contributed by atoms with Crippen LogP contribution in [0.5, 0.6) is 0 Å². The number of rotatable bonds is 2. The molecule has 2 rings (SSSR count). The summed E-state index contributed by atoms with van der Waals surface area (Å²) in [6.07, 6.45) is 0.963. The standard InChI is InChI=1S/C12H16ClN3O2/c1-2-8-7-16(5-6-18-8)12(17)11-9(13)3-4-10(14)15-11/h3-4,8H,2,5-7H2,1H3,(H2,14,15). The van der Waals surface area contributed by atoms with E-state index >= 15 is 0 Å². The van der Waals surface area contributed by atoms with Crippen molar-refractivity contribution in [3.8, 4) is 0 Å². The van der Waals surface area contributed by atoms with Gasteiger partial charge in [0.25, 0.3) is 5.91 Å². The zero-order chi connectivity index (χ0) is 13.1. The summed E-state index contributed by atoms with van der Waals surface area (Å²) in [4.78, 5) is 18.0. The van der Waals surface area contributed by atoms with Crippen molar-refractivity contribution in [3.05, 3.63) is 22.8 Å². The second-order valence-corrected chi connectivity index (χ2v) is 4.63. The number of aromatic nitrogens is 1. The first-order chi connectivity index (χ1) is 8.61. The Morgan fingerprint density at radius 1 is 1.67 bits per heavy atom. The Balaban J connectivity index is 2.17. The van der Waals surface area contributed by atoms with E-state index in [0.29, 0.717) is 30.5 Å². The molecule has 1 saturated heterocycles. The highest BCUT2D eigenvalue weighted by Gasteiger charge is 2.26. The highest BCUT2D eigenvalue weighted by Crippen LogP contribution is 2.19. The van der Waals surface area contributed by atoms with Crippen LogP contribution < -0.4 is 5.73 Å². The summed E-state index contributed by atoms with van der Waals surface area (Å²) in [5, 5.41) is 0.328. The lowest BCUT2D eigenvalue weighted by atomic mass is 10.2. The van der Waals surface area contributed by atoms with Crippen molar-refractivity contribution in [3.63, 3.8) is 0 Å². The number of morpholine rings is 1. The molecule has 0 saturated carbocycles. The first-order valence-corrected chi connectivity index (χ1v) is 6.32. The largest absolute Gasteiger partial charge is 0.384 e. The van der Waals surface area contributed by atoms with E-state index in [1.165, 1.54) is 0 Å². The van der Waals surface area contributed by atoms with E-state index < -0.39 is 0 Å². The van der Waals surface area contributed by atoms with Gasteiger partial charge in [0.05, 0.1) is 17.7 Å². The molecule has 1 aliphatic heterocycles. The lowest BCUT2D eigenvalue weighted by molar-refractivity contribution is -0.0228. The fourth-order valence-electron chi connectivity index (χ4n) is 1.91. The maximum Gasteiger partial charge on any atom is 0.274 e. The molecule has 98 valence electrons. The molecule has 1 amide bonds. The molecule has 0 bridgehead atoms. The molecule has 0 radical (unpaired) electrons. The van der Waals surface area contributed by atoms with E-state index in [9.17, 15) is 4.79 Å². The molecular weight excluding hydrogens is 254 g/mol. The number of anilines is 1. The predicted octanol–water partition coefficient (Wildman–Crippen LogP) is 1.57. The summed E-state index contributed by atoms with van der Waals surface area (Å²) in [7, 11) is 0. The fraction of sp³-hybridized carbons (Fsp3) is 0.500. The van der Waals surface area contributed by atoms with Gasteiger partial charge < -0.3 is 15.4 Å². The van der Waals surface area contributed by atoms with Crippen molar-refractivity contribution in [1.82, 2.24) is 9.88 Å². The lowest BCUT2D eigenvalue weighted by Crippen LogP contribution is -2.45. The van der Waals surface area contributed by atoms with Gasteiger partial charge in [-0.1, -0.05) is 18.5 Å². The van der Waals surface area contributed by atoms with Gasteiger partial charge in [0.15, 0.2) is 0 Å². The third-order valence-corrected chi connectivity index (χ3v) is 3.26. The molecule has 1 aromatic heterocycles. The first-order valence-electron chi connectivity index (χ1n) is 5.94. The van der Waals surface area contributed by atoms with Crippen LogP contribution in [-0.4, -0.2) is 41.6 Å². The van der Waals surface area contributed by atoms with Crippen molar-refractivity contribution >= 4 is 23.3 Å². The second-order valence-electron chi connectivity index (χ2n) is 4.22. The molecule has 6 heteroatoms. The van der Waals surface area contributed by atoms with E-state index in [1.54, 1.807) is 17.0 Å². The van der Waals surface area contributed by atoms with Gasteiger partial charge in [0, 0.05) is 13.1 Å². The predicted molar refractivity (Wildman–Crippen MR) is 69.6 cm³/mol. The number of hydrogen-bond donors (Lipinski definition) is 1. The summed E-state index contributed by atoms with van der Waals surface area (Å²) >= 11 is 5.98. The summed E-state index contributed by atoms with van der Waals surface area (Å²) < 4.78 is 5.53. The van der Waals surface area contributed by atoms with Crippen LogP contribution in [0.2, 0.25) is 5.02 Å². The minimum Gasteiger partial charge on any atom is -0.384 e. The van der Waals surface area contributed by atoms with E-state index in [1.807, 2.05) is 6.92 Å². The number of amides is 1. The number of pyridine rings is 1. The quantitative estimate of drug-likeness (QED) is 0.885. The Hall–Kier alpha value is -1.33. The number of halogens is 1. The van der Waals surface area contributed by atoms with Crippen LogP contribution in [0.25, 0.3) is 0 Å². The summed E-state index contributed by atoms with van der Waals surface area (Å²) in [5.74, 6) is 0.108. The fourth-order valence-corrected chi connectivity index (χ4v) is 2.09. The van der Waals surface area contributed by atoms with Crippen LogP contribution in [0.1, 0.15) is 23.8 Å². The minimum atomic E-state index is -0.186. The van der Waals surface area contributed by atoms with Gasteiger partial charge in [-0.25, -0.2) is 4.98 Å². The second kappa shape index (κ2) is 5.54. The topological polar surface area (TPSA) is 68.5 Å². The van der Waals surface area contributed by atoms with Gasteiger partial charge >= 0.3 is 0 Å². The van der Waals surface area contributed by atoms with E-state index in [0.717, 1.165) is 6.42 Å². The molecule has 1 unspecified atom stereocenters. The number of nitrogens with zero attached hydrogens (tertiary/aromatic N) is 2. The smallest absolute Gasteiger partial charge is 0.274 e. The summed E-state index contributed by atoms with van der Waals surface area (Å²) in [5.41, 5.74) is 5.80. The van der Waals surface area contributed by atoms with Crippen molar-refractivity contribution in [2.45, 2.75) is 19.4 Å². The normalized spacial score (nSPS) is 19.9. The SMILES string of the molecule is CCC1CN(C(=O)c2nc(N)ccc2Cl)CCO1. The van der Waals surface area contributed by atoms with Crippen LogP contribution in [0.15, 0.2) is 12.1 Å². The van der Waals surface area contributed by atoms with Crippen LogP contribution in [0, 0.1) is 0 Å². The van der Waals surface area contributed by atoms with Crippen LogP contribution >= 0.6 is 11.6 Å². The van der Waals surface area contributed by atoms with E-state index in [2.05, 4.69) is 4.98 Å². The lowest BCUT2D eigenvalue weighted by Gasteiger charge is -2.32. The Morgan fingerprint density at radius 3 is 3.17 bits per heavy atom. The molecule has 0 spiro atoms. The number of nitrogens with two attached hydrogens (primary N) is 1. The molecule has 2 heterocycles. The maximum absolute atomic E-state index is 12.3. The third kappa shape index (κ3) is 2.73.